The number of anilines is 2. The molecule has 4 N–H and O–H groups in total. The molecule has 3 aromatic rings. The maximum absolute atomic E-state index is 12.4. The van der Waals surface area contributed by atoms with Gasteiger partial charge in [-0.25, -0.2) is 9.97 Å². The quantitative estimate of drug-likeness (QED) is 0.612. The number of hydrogen-bond donors (Lipinski definition) is 3. The fourth-order valence-electron chi connectivity index (χ4n) is 3.21. The summed E-state index contributed by atoms with van der Waals surface area (Å²) >= 11 is 0. The number of nitrogens with one attached hydrogen (secondary N) is 2. The van der Waals surface area contributed by atoms with E-state index in [9.17, 15) is 4.79 Å². The van der Waals surface area contributed by atoms with Crippen molar-refractivity contribution in [2.75, 3.05) is 24.1 Å². The molecule has 0 aliphatic carbocycles. The van der Waals surface area contributed by atoms with E-state index in [1.807, 2.05) is 29.1 Å². The number of carbonyl (C=O) groups excluding carboxylic acids is 1. The molecule has 8 heteroatoms. The van der Waals surface area contributed by atoms with Gasteiger partial charge in [0.15, 0.2) is 11.5 Å². The molecule has 0 saturated carbocycles. The van der Waals surface area contributed by atoms with E-state index in [-0.39, 0.29) is 17.6 Å². The lowest BCUT2D eigenvalue weighted by Gasteiger charge is -2.35. The number of nitrogens with two attached hydrogens (primary N) is 1. The summed E-state index contributed by atoms with van der Waals surface area (Å²) in [5.74, 6) is 0.208. The van der Waals surface area contributed by atoms with Gasteiger partial charge in [-0.2, -0.15) is 5.10 Å². The van der Waals surface area contributed by atoms with Crippen LogP contribution in [0.2, 0.25) is 0 Å². The molecule has 1 atom stereocenters. The molecule has 27 heavy (non-hydrogen) atoms. The number of aromatic nitrogens is 4. The minimum atomic E-state index is -0.398. The van der Waals surface area contributed by atoms with Crippen molar-refractivity contribution < 1.29 is 4.79 Å². The van der Waals surface area contributed by atoms with Gasteiger partial charge in [-0.05, 0) is 12.0 Å². The number of nitrogen functional groups attached to an aromatic ring is 1. The topological polar surface area (TPSA) is 111 Å². The molecule has 1 aliphatic rings. The van der Waals surface area contributed by atoms with Gasteiger partial charge < -0.3 is 16.4 Å². The maximum Gasteiger partial charge on any atom is 0.278 e. The van der Waals surface area contributed by atoms with Crippen molar-refractivity contribution in [3.63, 3.8) is 0 Å². The first-order valence-electron chi connectivity index (χ1n) is 8.87. The summed E-state index contributed by atoms with van der Waals surface area (Å²) in [6.45, 7) is 1.93. The number of carbonyl (C=O) groups is 1. The third kappa shape index (κ3) is 3.80. The molecule has 1 fully saturated rings. The highest BCUT2D eigenvalue weighted by molar-refractivity contribution is 6.05. The molecule has 1 amide bonds. The Balaban J connectivity index is 1.51. The summed E-state index contributed by atoms with van der Waals surface area (Å²) < 4.78 is 1.94. The third-order valence-corrected chi connectivity index (χ3v) is 4.79. The lowest BCUT2D eigenvalue weighted by atomic mass is 9.89. The Hall–Kier alpha value is -3.26. The monoisotopic (exact) mass is 363 g/mol. The number of benzene rings is 1. The average Bonchev–Trinajstić information content (AvgIpc) is 3.09. The van der Waals surface area contributed by atoms with E-state index in [1.54, 1.807) is 6.20 Å². The largest absolute Gasteiger partial charge is 0.382 e. The zero-order valence-corrected chi connectivity index (χ0v) is 14.7. The molecule has 1 unspecified atom stereocenters. The SMILES string of the molecule is Nc1nccnc1C(=O)Nc1cnn(C(Cc2ccccc2)C2CNC2)c1. The van der Waals surface area contributed by atoms with Crippen LogP contribution in [-0.4, -0.2) is 38.7 Å². The second kappa shape index (κ2) is 7.55. The van der Waals surface area contributed by atoms with Crippen molar-refractivity contribution in [1.82, 2.24) is 25.1 Å². The molecule has 138 valence electrons. The first kappa shape index (κ1) is 17.2. The first-order valence-corrected chi connectivity index (χ1v) is 8.87. The summed E-state index contributed by atoms with van der Waals surface area (Å²) in [6, 6.07) is 10.6. The van der Waals surface area contributed by atoms with Crippen LogP contribution in [0.15, 0.2) is 55.1 Å². The zero-order valence-electron chi connectivity index (χ0n) is 14.7. The normalized spacial score (nSPS) is 15.1. The Morgan fingerprint density at radius 1 is 1.26 bits per heavy atom. The Morgan fingerprint density at radius 2 is 2.04 bits per heavy atom. The van der Waals surface area contributed by atoms with Crippen LogP contribution in [0.5, 0.6) is 0 Å². The molecule has 1 aromatic carbocycles. The summed E-state index contributed by atoms with van der Waals surface area (Å²) in [6.07, 6.45) is 7.28. The number of nitrogens with zero attached hydrogens (tertiary/aromatic N) is 4. The Morgan fingerprint density at radius 3 is 2.74 bits per heavy atom. The van der Waals surface area contributed by atoms with E-state index in [4.69, 9.17) is 5.73 Å². The fraction of sp³-hybridized carbons (Fsp3) is 0.263. The Bertz CT molecular complexity index is 921. The van der Waals surface area contributed by atoms with Crippen molar-refractivity contribution in [2.24, 2.45) is 5.92 Å². The van der Waals surface area contributed by atoms with Gasteiger partial charge in [-0.1, -0.05) is 30.3 Å². The van der Waals surface area contributed by atoms with Gasteiger partial charge in [-0.3, -0.25) is 9.48 Å². The lowest BCUT2D eigenvalue weighted by molar-refractivity contribution is 0.102. The van der Waals surface area contributed by atoms with E-state index >= 15 is 0 Å². The van der Waals surface area contributed by atoms with Crippen molar-refractivity contribution >= 4 is 17.4 Å². The lowest BCUT2D eigenvalue weighted by Crippen LogP contribution is -2.47. The first-order chi connectivity index (χ1) is 13.2. The molecule has 0 radical (unpaired) electrons. The zero-order chi connectivity index (χ0) is 18.6. The number of rotatable bonds is 6. The standard InChI is InChI=1S/C19H21N7O/c20-18-17(22-6-7-23-18)19(27)25-15-11-24-26(12-15)16(14-9-21-10-14)8-13-4-2-1-3-5-13/h1-7,11-12,14,16,21H,8-10H2,(H2,20,23)(H,25,27). The highest BCUT2D eigenvalue weighted by Gasteiger charge is 2.29. The minimum Gasteiger partial charge on any atom is -0.382 e. The predicted molar refractivity (Wildman–Crippen MR) is 102 cm³/mol. The predicted octanol–water partition coefficient (Wildman–Crippen LogP) is 1.51. The molecule has 0 spiro atoms. The average molecular weight is 363 g/mol. The van der Waals surface area contributed by atoms with Crippen LogP contribution in [0.1, 0.15) is 22.1 Å². The van der Waals surface area contributed by atoms with Crippen LogP contribution >= 0.6 is 0 Å². The second-order valence-corrected chi connectivity index (χ2v) is 6.63. The van der Waals surface area contributed by atoms with E-state index in [2.05, 4.69) is 37.8 Å². The van der Waals surface area contributed by atoms with Crippen LogP contribution in [0, 0.1) is 5.92 Å². The smallest absolute Gasteiger partial charge is 0.278 e. The van der Waals surface area contributed by atoms with Gasteiger partial charge in [-0.15, -0.1) is 0 Å². The Kier molecular flexibility index (Phi) is 4.80. The van der Waals surface area contributed by atoms with Gasteiger partial charge in [0.2, 0.25) is 0 Å². The van der Waals surface area contributed by atoms with Crippen LogP contribution in [0.3, 0.4) is 0 Å². The summed E-state index contributed by atoms with van der Waals surface area (Å²) in [4.78, 5) is 20.2. The van der Waals surface area contributed by atoms with E-state index in [1.165, 1.54) is 18.0 Å². The highest BCUT2D eigenvalue weighted by atomic mass is 16.1. The molecular formula is C19H21N7O. The third-order valence-electron chi connectivity index (χ3n) is 4.79. The maximum atomic E-state index is 12.4. The van der Waals surface area contributed by atoms with Crippen LogP contribution in [0.4, 0.5) is 11.5 Å². The van der Waals surface area contributed by atoms with Crippen molar-refractivity contribution in [2.45, 2.75) is 12.5 Å². The molecule has 0 bridgehead atoms. The minimum absolute atomic E-state index is 0.102. The van der Waals surface area contributed by atoms with Crippen molar-refractivity contribution in [1.29, 1.82) is 0 Å². The second-order valence-electron chi connectivity index (χ2n) is 6.63. The van der Waals surface area contributed by atoms with Gasteiger partial charge in [0.1, 0.15) is 0 Å². The Labute approximate surface area is 156 Å². The van der Waals surface area contributed by atoms with Crippen molar-refractivity contribution in [3.8, 4) is 0 Å². The van der Waals surface area contributed by atoms with E-state index in [0.717, 1.165) is 19.5 Å². The van der Waals surface area contributed by atoms with Gasteiger partial charge in [0, 0.05) is 37.6 Å². The van der Waals surface area contributed by atoms with Crippen LogP contribution in [-0.2, 0) is 6.42 Å². The van der Waals surface area contributed by atoms with Crippen LogP contribution < -0.4 is 16.4 Å². The molecule has 1 saturated heterocycles. The van der Waals surface area contributed by atoms with Crippen LogP contribution in [0.25, 0.3) is 0 Å². The highest BCUT2D eigenvalue weighted by Crippen LogP contribution is 2.27. The van der Waals surface area contributed by atoms with E-state index in [0.29, 0.717) is 11.6 Å². The summed E-state index contributed by atoms with van der Waals surface area (Å²) in [7, 11) is 0. The van der Waals surface area contributed by atoms with Gasteiger partial charge in [0.05, 0.1) is 17.9 Å². The number of amides is 1. The molecule has 2 aromatic heterocycles. The van der Waals surface area contributed by atoms with Gasteiger partial charge in [0.25, 0.3) is 5.91 Å². The molecular weight excluding hydrogens is 342 g/mol. The number of hydrogen-bond acceptors (Lipinski definition) is 6. The molecule has 8 nitrogen and oxygen atoms in total. The van der Waals surface area contributed by atoms with E-state index < -0.39 is 5.91 Å². The molecule has 1 aliphatic heterocycles. The summed E-state index contributed by atoms with van der Waals surface area (Å²) in [5.41, 5.74) is 7.70. The van der Waals surface area contributed by atoms with Crippen molar-refractivity contribution in [3.05, 3.63) is 66.4 Å². The fourth-order valence-corrected chi connectivity index (χ4v) is 3.21. The molecule has 3 heterocycles. The summed E-state index contributed by atoms with van der Waals surface area (Å²) in [5, 5.41) is 10.6. The van der Waals surface area contributed by atoms with Gasteiger partial charge >= 0.3 is 0 Å². The molecule has 4 rings (SSSR count).